The van der Waals surface area contributed by atoms with Gasteiger partial charge in [0, 0.05) is 12.1 Å². The molecule has 0 aliphatic carbocycles. The summed E-state index contributed by atoms with van der Waals surface area (Å²) < 4.78 is 5.41. The molecule has 1 unspecified atom stereocenters. The van der Waals surface area contributed by atoms with Gasteiger partial charge < -0.3 is 15.4 Å². The molecule has 4 amide bonds. The number of urea groups is 1. The van der Waals surface area contributed by atoms with Gasteiger partial charge >= 0.3 is 6.03 Å². The third kappa shape index (κ3) is 4.46. The highest BCUT2D eigenvalue weighted by Gasteiger charge is 2.40. The predicted octanol–water partition coefficient (Wildman–Crippen LogP) is 4.07. The molecule has 0 saturated carbocycles. The van der Waals surface area contributed by atoms with E-state index in [9.17, 15) is 14.4 Å². The number of amides is 4. The van der Waals surface area contributed by atoms with Crippen LogP contribution in [0, 0.1) is 0 Å². The SMILES string of the molecule is CCOc1ccc(NC(=O)NC(Cc2ccccc2)N2C(=O)c3ccccc3C2=O)cc1. The fourth-order valence-electron chi connectivity index (χ4n) is 3.65. The average Bonchev–Trinajstić information content (AvgIpc) is 3.06. The van der Waals surface area contributed by atoms with E-state index in [4.69, 9.17) is 4.74 Å². The Kier molecular flexibility index (Phi) is 6.17. The summed E-state index contributed by atoms with van der Waals surface area (Å²) in [6, 6.07) is 22.5. The number of anilines is 1. The molecule has 0 bridgehead atoms. The standard InChI is InChI=1S/C25H23N3O4/c1-2-32-19-14-12-18(13-15-19)26-25(31)27-22(16-17-8-4-3-5-9-17)28-23(29)20-10-6-7-11-21(20)24(28)30/h3-15,22H,2,16H2,1H3,(H2,26,27,31). The highest BCUT2D eigenvalue weighted by atomic mass is 16.5. The molecule has 3 aromatic carbocycles. The summed E-state index contributed by atoms with van der Waals surface area (Å²) in [7, 11) is 0. The van der Waals surface area contributed by atoms with Gasteiger partial charge in [-0.3, -0.25) is 14.5 Å². The molecule has 1 heterocycles. The van der Waals surface area contributed by atoms with Crippen LogP contribution in [-0.4, -0.2) is 35.5 Å². The van der Waals surface area contributed by atoms with Gasteiger partial charge in [-0.25, -0.2) is 4.79 Å². The molecule has 0 saturated heterocycles. The molecule has 162 valence electrons. The van der Waals surface area contributed by atoms with Crippen LogP contribution in [0.25, 0.3) is 0 Å². The summed E-state index contributed by atoms with van der Waals surface area (Å²) in [6.07, 6.45) is -0.573. The van der Waals surface area contributed by atoms with Gasteiger partial charge in [-0.15, -0.1) is 0 Å². The first-order valence-corrected chi connectivity index (χ1v) is 10.4. The van der Waals surface area contributed by atoms with Crippen LogP contribution in [0.1, 0.15) is 33.2 Å². The minimum Gasteiger partial charge on any atom is -0.494 e. The average molecular weight is 429 g/mol. The van der Waals surface area contributed by atoms with E-state index in [-0.39, 0.29) is 6.42 Å². The van der Waals surface area contributed by atoms with Crippen LogP contribution in [-0.2, 0) is 6.42 Å². The zero-order valence-electron chi connectivity index (χ0n) is 17.6. The zero-order valence-corrected chi connectivity index (χ0v) is 17.6. The van der Waals surface area contributed by atoms with Crippen LogP contribution in [0.3, 0.4) is 0 Å². The molecule has 1 aliphatic rings. The Hall–Kier alpha value is -4.13. The maximum Gasteiger partial charge on any atom is 0.320 e. The van der Waals surface area contributed by atoms with E-state index in [1.54, 1.807) is 48.5 Å². The molecule has 0 radical (unpaired) electrons. The van der Waals surface area contributed by atoms with Crippen molar-refractivity contribution in [3.63, 3.8) is 0 Å². The Labute approximate surface area is 186 Å². The molecule has 4 rings (SSSR count). The highest BCUT2D eigenvalue weighted by molar-refractivity contribution is 6.21. The number of nitrogens with one attached hydrogen (secondary N) is 2. The second kappa shape index (κ2) is 9.34. The molecule has 3 aromatic rings. The number of carbonyl (C=O) groups is 3. The number of hydrogen-bond acceptors (Lipinski definition) is 4. The summed E-state index contributed by atoms with van der Waals surface area (Å²) in [6.45, 7) is 2.44. The Morgan fingerprint density at radius 2 is 1.47 bits per heavy atom. The van der Waals surface area contributed by atoms with Crippen LogP contribution in [0.2, 0.25) is 0 Å². The first kappa shape index (κ1) is 21.1. The van der Waals surface area contributed by atoms with E-state index in [1.165, 1.54) is 0 Å². The smallest absolute Gasteiger partial charge is 0.320 e. The topological polar surface area (TPSA) is 87.7 Å². The van der Waals surface area contributed by atoms with Crippen LogP contribution in [0.15, 0.2) is 78.9 Å². The first-order chi connectivity index (χ1) is 15.6. The molecule has 0 aromatic heterocycles. The van der Waals surface area contributed by atoms with Crippen molar-refractivity contribution < 1.29 is 19.1 Å². The van der Waals surface area contributed by atoms with Crippen molar-refractivity contribution in [1.29, 1.82) is 0 Å². The van der Waals surface area contributed by atoms with E-state index in [1.807, 2.05) is 37.3 Å². The number of fused-ring (bicyclic) bond motifs is 1. The molecule has 2 N–H and O–H groups in total. The number of imide groups is 1. The predicted molar refractivity (Wildman–Crippen MR) is 121 cm³/mol. The Morgan fingerprint density at radius 1 is 0.875 bits per heavy atom. The van der Waals surface area contributed by atoms with Gasteiger partial charge in [-0.05, 0) is 48.9 Å². The Morgan fingerprint density at radius 3 is 2.06 bits per heavy atom. The van der Waals surface area contributed by atoms with Gasteiger partial charge in [0.15, 0.2) is 0 Å². The van der Waals surface area contributed by atoms with Crippen molar-refractivity contribution >= 4 is 23.5 Å². The summed E-state index contributed by atoms with van der Waals surface area (Å²) in [5, 5.41) is 5.54. The van der Waals surface area contributed by atoms with Gasteiger partial charge in [-0.1, -0.05) is 42.5 Å². The highest BCUT2D eigenvalue weighted by Crippen LogP contribution is 2.25. The molecular weight excluding hydrogens is 406 g/mol. The van der Waals surface area contributed by atoms with Crippen molar-refractivity contribution in [1.82, 2.24) is 10.2 Å². The van der Waals surface area contributed by atoms with Crippen molar-refractivity contribution in [2.75, 3.05) is 11.9 Å². The summed E-state index contributed by atoms with van der Waals surface area (Å²) in [5.41, 5.74) is 2.12. The number of benzene rings is 3. The normalized spacial score (nSPS) is 13.5. The summed E-state index contributed by atoms with van der Waals surface area (Å²) in [5.74, 6) is -0.146. The second-order valence-corrected chi connectivity index (χ2v) is 7.29. The van der Waals surface area contributed by atoms with Gasteiger partial charge in [0.25, 0.3) is 11.8 Å². The maximum absolute atomic E-state index is 13.0. The largest absolute Gasteiger partial charge is 0.494 e. The van der Waals surface area contributed by atoms with Crippen LogP contribution in [0.5, 0.6) is 5.75 Å². The maximum atomic E-state index is 13.0. The molecule has 0 spiro atoms. The lowest BCUT2D eigenvalue weighted by molar-refractivity contribution is 0.0565. The van der Waals surface area contributed by atoms with Crippen molar-refractivity contribution in [3.8, 4) is 5.75 Å². The van der Waals surface area contributed by atoms with Crippen molar-refractivity contribution in [2.45, 2.75) is 19.5 Å². The summed E-state index contributed by atoms with van der Waals surface area (Å²) >= 11 is 0. The van der Waals surface area contributed by atoms with Gasteiger partial charge in [0.1, 0.15) is 11.9 Å². The molecule has 1 aliphatic heterocycles. The fraction of sp³-hybridized carbons (Fsp3) is 0.160. The number of rotatable bonds is 7. The number of nitrogens with zero attached hydrogens (tertiary/aromatic N) is 1. The Bertz CT molecular complexity index is 1090. The van der Waals surface area contributed by atoms with E-state index >= 15 is 0 Å². The minimum atomic E-state index is -0.854. The number of ether oxygens (including phenoxy) is 1. The second-order valence-electron chi connectivity index (χ2n) is 7.29. The third-order valence-electron chi connectivity index (χ3n) is 5.13. The molecule has 7 nitrogen and oxygen atoms in total. The molecular formula is C25H23N3O4. The lowest BCUT2D eigenvalue weighted by Gasteiger charge is -2.27. The minimum absolute atomic E-state index is 0.281. The van der Waals surface area contributed by atoms with Gasteiger partial charge in [0.05, 0.1) is 17.7 Å². The number of carbonyl (C=O) groups excluding carboxylic acids is 3. The third-order valence-corrected chi connectivity index (χ3v) is 5.13. The molecule has 32 heavy (non-hydrogen) atoms. The van der Waals surface area contributed by atoms with Crippen LogP contribution >= 0.6 is 0 Å². The quantitative estimate of drug-likeness (QED) is 0.554. The van der Waals surface area contributed by atoms with E-state index in [2.05, 4.69) is 10.6 Å². The van der Waals surface area contributed by atoms with Gasteiger partial charge in [0.2, 0.25) is 0 Å². The van der Waals surface area contributed by atoms with Crippen molar-refractivity contribution in [2.24, 2.45) is 0 Å². The lowest BCUT2D eigenvalue weighted by Crippen LogP contribution is -2.53. The van der Waals surface area contributed by atoms with E-state index in [0.717, 1.165) is 10.5 Å². The monoisotopic (exact) mass is 429 g/mol. The molecule has 0 fully saturated rings. The Balaban J connectivity index is 1.54. The molecule has 1 atom stereocenters. The zero-order chi connectivity index (χ0) is 22.5. The van der Waals surface area contributed by atoms with Crippen molar-refractivity contribution in [3.05, 3.63) is 95.6 Å². The van der Waals surface area contributed by atoms with Gasteiger partial charge in [-0.2, -0.15) is 0 Å². The number of hydrogen-bond donors (Lipinski definition) is 2. The van der Waals surface area contributed by atoms with Crippen LogP contribution in [0.4, 0.5) is 10.5 Å². The first-order valence-electron chi connectivity index (χ1n) is 10.4. The fourth-order valence-corrected chi connectivity index (χ4v) is 3.65. The van der Waals surface area contributed by atoms with E-state index < -0.39 is 24.0 Å². The lowest BCUT2D eigenvalue weighted by atomic mass is 10.1. The molecule has 7 heteroatoms. The van der Waals surface area contributed by atoms with Crippen LogP contribution < -0.4 is 15.4 Å². The van der Waals surface area contributed by atoms with E-state index in [0.29, 0.717) is 29.2 Å². The summed E-state index contributed by atoms with van der Waals surface area (Å²) in [4.78, 5) is 39.9.